The van der Waals surface area contributed by atoms with Crippen molar-refractivity contribution in [3.8, 4) is 0 Å². The number of allylic oxidation sites excluding steroid dienone is 1. The first kappa shape index (κ1) is 10.8. The lowest BCUT2D eigenvalue weighted by Gasteiger charge is -2.50. The first-order chi connectivity index (χ1) is 7.49. The van der Waals surface area contributed by atoms with Crippen LogP contribution < -0.4 is 0 Å². The summed E-state index contributed by atoms with van der Waals surface area (Å²) in [5.41, 5.74) is 2.07. The van der Waals surface area contributed by atoms with E-state index in [-0.39, 0.29) is 5.60 Å². The molecule has 1 heterocycles. The average molecular weight is 220 g/mol. The highest BCUT2D eigenvalue weighted by Crippen LogP contribution is 2.67. The zero-order valence-corrected chi connectivity index (χ0v) is 10.9. The van der Waals surface area contributed by atoms with E-state index in [2.05, 4.69) is 27.4 Å². The predicted molar refractivity (Wildman–Crippen MR) is 66.3 cm³/mol. The van der Waals surface area contributed by atoms with Crippen LogP contribution in [-0.2, 0) is 4.74 Å². The van der Waals surface area contributed by atoms with Gasteiger partial charge in [0.25, 0.3) is 0 Å². The SMILES string of the molecule is C=C(C)C1CCC23OC2CCC(C)C3(C)C1. The van der Waals surface area contributed by atoms with Crippen molar-refractivity contribution in [1.82, 2.24) is 0 Å². The minimum Gasteiger partial charge on any atom is -0.365 e. The van der Waals surface area contributed by atoms with Gasteiger partial charge in [-0.05, 0) is 50.9 Å². The van der Waals surface area contributed by atoms with Gasteiger partial charge in [0.15, 0.2) is 0 Å². The number of hydrogen-bond donors (Lipinski definition) is 0. The normalized spacial score (nSPS) is 55.1. The van der Waals surface area contributed by atoms with Gasteiger partial charge in [-0.3, -0.25) is 0 Å². The molecule has 0 amide bonds. The molecule has 5 atom stereocenters. The summed E-state index contributed by atoms with van der Waals surface area (Å²) in [6, 6.07) is 0. The number of ether oxygens (including phenoxy) is 1. The van der Waals surface area contributed by atoms with E-state index in [0.717, 1.165) is 11.8 Å². The first-order valence-corrected chi connectivity index (χ1v) is 6.83. The second-order valence-electron chi connectivity index (χ2n) is 6.68. The Kier molecular flexibility index (Phi) is 2.12. The highest BCUT2D eigenvalue weighted by molar-refractivity contribution is 5.21. The molecule has 0 radical (unpaired) electrons. The quantitative estimate of drug-likeness (QED) is 0.482. The van der Waals surface area contributed by atoms with E-state index in [0.29, 0.717) is 11.5 Å². The topological polar surface area (TPSA) is 12.5 Å². The highest BCUT2D eigenvalue weighted by Gasteiger charge is 2.71. The largest absolute Gasteiger partial charge is 0.365 e. The van der Waals surface area contributed by atoms with Crippen molar-refractivity contribution in [3.05, 3.63) is 12.2 Å². The summed E-state index contributed by atoms with van der Waals surface area (Å²) in [4.78, 5) is 0. The average Bonchev–Trinajstić information content (AvgIpc) is 2.94. The van der Waals surface area contributed by atoms with Crippen molar-refractivity contribution in [2.75, 3.05) is 0 Å². The van der Waals surface area contributed by atoms with Gasteiger partial charge in [-0.1, -0.05) is 26.0 Å². The van der Waals surface area contributed by atoms with E-state index in [1.165, 1.54) is 37.7 Å². The molecule has 0 aromatic rings. The molecular formula is C15H24O. The lowest BCUT2D eigenvalue weighted by Crippen LogP contribution is -2.50. The second kappa shape index (κ2) is 3.13. The minimum absolute atomic E-state index is 0.274. The van der Waals surface area contributed by atoms with Gasteiger partial charge in [-0.2, -0.15) is 0 Å². The van der Waals surface area contributed by atoms with Gasteiger partial charge in [-0.25, -0.2) is 0 Å². The van der Waals surface area contributed by atoms with Crippen molar-refractivity contribution in [2.24, 2.45) is 17.3 Å². The van der Waals surface area contributed by atoms with Gasteiger partial charge >= 0.3 is 0 Å². The van der Waals surface area contributed by atoms with Gasteiger partial charge < -0.3 is 4.74 Å². The Labute approximate surface area is 99.3 Å². The molecule has 0 bridgehead atoms. The molecule has 0 N–H and O–H groups in total. The Bertz CT molecular complexity index is 334. The van der Waals surface area contributed by atoms with Crippen LogP contribution in [0.1, 0.15) is 52.9 Å². The van der Waals surface area contributed by atoms with Crippen LogP contribution in [0.15, 0.2) is 12.2 Å². The summed E-state index contributed by atoms with van der Waals surface area (Å²) in [5, 5.41) is 0. The maximum absolute atomic E-state index is 6.14. The third-order valence-corrected chi connectivity index (χ3v) is 5.96. The Morgan fingerprint density at radius 3 is 2.75 bits per heavy atom. The second-order valence-corrected chi connectivity index (χ2v) is 6.68. The fourth-order valence-electron chi connectivity index (χ4n) is 4.45. The van der Waals surface area contributed by atoms with Crippen molar-refractivity contribution in [3.63, 3.8) is 0 Å². The first-order valence-electron chi connectivity index (χ1n) is 6.83. The minimum atomic E-state index is 0.274. The van der Waals surface area contributed by atoms with Crippen LogP contribution in [-0.4, -0.2) is 11.7 Å². The molecule has 2 saturated carbocycles. The molecule has 0 aromatic carbocycles. The van der Waals surface area contributed by atoms with E-state index in [1.54, 1.807) is 0 Å². The van der Waals surface area contributed by atoms with Crippen molar-refractivity contribution < 1.29 is 4.74 Å². The molecule has 3 rings (SSSR count). The van der Waals surface area contributed by atoms with Gasteiger partial charge in [-0.15, -0.1) is 0 Å². The summed E-state index contributed by atoms with van der Waals surface area (Å²) in [7, 11) is 0. The van der Waals surface area contributed by atoms with Gasteiger partial charge in [0, 0.05) is 5.41 Å². The standard InChI is InChI=1S/C15H24O/c1-10(2)12-7-8-15-13(16-15)6-5-11(3)14(15,4)9-12/h11-13H,1,5-9H2,2-4H3. The monoisotopic (exact) mass is 220 g/mol. The molecule has 0 aromatic heterocycles. The zero-order valence-electron chi connectivity index (χ0n) is 10.9. The molecule has 90 valence electrons. The van der Waals surface area contributed by atoms with E-state index in [4.69, 9.17) is 4.74 Å². The van der Waals surface area contributed by atoms with Crippen molar-refractivity contribution in [2.45, 2.75) is 64.6 Å². The van der Waals surface area contributed by atoms with Gasteiger partial charge in [0.2, 0.25) is 0 Å². The lowest BCUT2D eigenvalue weighted by atomic mass is 9.53. The van der Waals surface area contributed by atoms with E-state index >= 15 is 0 Å². The van der Waals surface area contributed by atoms with E-state index < -0.39 is 0 Å². The van der Waals surface area contributed by atoms with Gasteiger partial charge in [0.05, 0.1) is 6.10 Å². The van der Waals surface area contributed by atoms with Crippen LogP contribution in [0.25, 0.3) is 0 Å². The Morgan fingerprint density at radius 1 is 1.31 bits per heavy atom. The highest BCUT2D eigenvalue weighted by atomic mass is 16.6. The van der Waals surface area contributed by atoms with Crippen molar-refractivity contribution in [1.29, 1.82) is 0 Å². The molecular weight excluding hydrogens is 196 g/mol. The smallest absolute Gasteiger partial charge is 0.100 e. The number of rotatable bonds is 1. The third kappa shape index (κ3) is 1.16. The number of hydrogen-bond acceptors (Lipinski definition) is 1. The van der Waals surface area contributed by atoms with Crippen LogP contribution in [0.5, 0.6) is 0 Å². The summed E-state index contributed by atoms with van der Waals surface area (Å²) in [5.74, 6) is 1.55. The third-order valence-electron chi connectivity index (χ3n) is 5.96. The molecule has 1 aliphatic heterocycles. The lowest BCUT2D eigenvalue weighted by molar-refractivity contribution is -0.00642. The fraction of sp³-hybridized carbons (Fsp3) is 0.867. The Morgan fingerprint density at radius 2 is 2.06 bits per heavy atom. The van der Waals surface area contributed by atoms with Crippen LogP contribution in [0, 0.1) is 17.3 Å². The zero-order chi connectivity index (χ0) is 11.6. The van der Waals surface area contributed by atoms with E-state index in [1.807, 2.05) is 0 Å². The number of epoxide rings is 1. The Hall–Kier alpha value is -0.300. The maximum atomic E-state index is 6.14. The molecule has 1 saturated heterocycles. The molecule has 1 spiro atoms. The molecule has 3 aliphatic rings. The Balaban J connectivity index is 1.90. The molecule has 3 fully saturated rings. The van der Waals surface area contributed by atoms with Crippen LogP contribution >= 0.6 is 0 Å². The van der Waals surface area contributed by atoms with E-state index in [9.17, 15) is 0 Å². The molecule has 5 unspecified atom stereocenters. The van der Waals surface area contributed by atoms with Crippen molar-refractivity contribution >= 4 is 0 Å². The van der Waals surface area contributed by atoms with Gasteiger partial charge in [0.1, 0.15) is 5.60 Å². The maximum Gasteiger partial charge on any atom is 0.100 e. The van der Waals surface area contributed by atoms with Crippen LogP contribution in [0.3, 0.4) is 0 Å². The molecule has 1 nitrogen and oxygen atoms in total. The molecule has 1 heteroatoms. The summed E-state index contributed by atoms with van der Waals surface area (Å²) >= 11 is 0. The van der Waals surface area contributed by atoms with Crippen LogP contribution in [0.2, 0.25) is 0 Å². The summed E-state index contributed by atoms with van der Waals surface area (Å²) < 4.78 is 6.14. The summed E-state index contributed by atoms with van der Waals surface area (Å²) in [6.45, 7) is 11.3. The molecule has 2 aliphatic carbocycles. The fourth-order valence-corrected chi connectivity index (χ4v) is 4.45. The van der Waals surface area contributed by atoms with Crippen LogP contribution in [0.4, 0.5) is 0 Å². The predicted octanol–water partition coefficient (Wildman–Crippen LogP) is 3.94. The summed E-state index contributed by atoms with van der Waals surface area (Å²) in [6.07, 6.45) is 7.13. The molecule has 16 heavy (non-hydrogen) atoms.